The average molecular weight is 427 g/mol. The van der Waals surface area contributed by atoms with Gasteiger partial charge in [0.2, 0.25) is 0 Å². The second-order valence-electron chi connectivity index (χ2n) is 9.42. The molecule has 0 amide bonds. The smallest absolute Gasteiger partial charge is 0.0728 e. The summed E-state index contributed by atoms with van der Waals surface area (Å²) in [6, 6.07) is 14.8. The Labute approximate surface area is 186 Å². The van der Waals surface area contributed by atoms with E-state index in [0.29, 0.717) is 5.92 Å². The van der Waals surface area contributed by atoms with E-state index in [4.69, 9.17) is 11.6 Å². The van der Waals surface area contributed by atoms with Crippen LogP contribution in [0.1, 0.15) is 42.4 Å². The summed E-state index contributed by atoms with van der Waals surface area (Å²) in [6.07, 6.45) is 5.22. The zero-order chi connectivity index (χ0) is 21.1. The van der Waals surface area contributed by atoms with Gasteiger partial charge in [-0.2, -0.15) is 0 Å². The number of anilines is 1. The molecule has 2 aromatic rings. The van der Waals surface area contributed by atoms with Gasteiger partial charge in [-0.15, -0.1) is 0 Å². The van der Waals surface area contributed by atoms with E-state index in [-0.39, 0.29) is 0 Å². The molecule has 4 rings (SSSR count). The summed E-state index contributed by atoms with van der Waals surface area (Å²) in [5.74, 6) is 0.351. The maximum absolute atomic E-state index is 11.7. The van der Waals surface area contributed by atoms with Crippen molar-refractivity contribution in [1.29, 1.82) is 0 Å². The minimum atomic E-state index is -0.582. The van der Waals surface area contributed by atoms with Crippen LogP contribution in [0.5, 0.6) is 0 Å². The summed E-state index contributed by atoms with van der Waals surface area (Å²) >= 11 is 6.18. The number of piperazine rings is 1. The van der Waals surface area contributed by atoms with E-state index in [9.17, 15) is 5.11 Å². The van der Waals surface area contributed by atoms with Gasteiger partial charge < -0.3 is 10.0 Å². The number of nitrogens with zero attached hydrogens (tertiary/aromatic N) is 2. The van der Waals surface area contributed by atoms with Crippen LogP contribution >= 0.6 is 11.6 Å². The molecule has 0 aromatic heterocycles. The maximum Gasteiger partial charge on any atom is 0.0728 e. The van der Waals surface area contributed by atoms with E-state index in [2.05, 4.69) is 54.0 Å². The van der Waals surface area contributed by atoms with Crippen LogP contribution in [0, 0.1) is 19.8 Å². The van der Waals surface area contributed by atoms with E-state index < -0.39 is 5.60 Å². The number of halogens is 1. The van der Waals surface area contributed by atoms with Gasteiger partial charge in [-0.3, -0.25) is 4.90 Å². The molecule has 0 spiro atoms. The van der Waals surface area contributed by atoms with Gasteiger partial charge in [0.25, 0.3) is 0 Å². The van der Waals surface area contributed by atoms with Crippen molar-refractivity contribution < 1.29 is 5.11 Å². The summed E-state index contributed by atoms with van der Waals surface area (Å²) in [6.45, 7) is 9.44. The highest BCUT2D eigenvalue weighted by Crippen LogP contribution is 2.38. The molecule has 1 saturated heterocycles. The summed E-state index contributed by atoms with van der Waals surface area (Å²) in [4.78, 5) is 4.98. The van der Waals surface area contributed by atoms with E-state index in [0.717, 1.165) is 63.4 Å². The minimum Gasteiger partial charge on any atom is -0.389 e. The second-order valence-corrected chi connectivity index (χ2v) is 9.86. The van der Waals surface area contributed by atoms with Crippen molar-refractivity contribution in [2.24, 2.45) is 5.92 Å². The summed E-state index contributed by atoms with van der Waals surface area (Å²) in [5.41, 5.74) is 4.53. The molecule has 2 fully saturated rings. The van der Waals surface area contributed by atoms with Gasteiger partial charge in [0, 0.05) is 55.8 Å². The molecule has 4 heteroatoms. The Morgan fingerprint density at radius 3 is 2.60 bits per heavy atom. The van der Waals surface area contributed by atoms with E-state index >= 15 is 0 Å². The molecule has 1 aliphatic carbocycles. The van der Waals surface area contributed by atoms with Gasteiger partial charge in [0.1, 0.15) is 0 Å². The predicted octanol–water partition coefficient (Wildman–Crippen LogP) is 5.24. The van der Waals surface area contributed by atoms with Gasteiger partial charge >= 0.3 is 0 Å². The van der Waals surface area contributed by atoms with Crippen LogP contribution in [0.3, 0.4) is 0 Å². The average Bonchev–Trinajstić information content (AvgIpc) is 2.73. The first kappa shape index (κ1) is 21.7. The number of hydrogen-bond acceptors (Lipinski definition) is 3. The standard InChI is InChI=1S/C26H35ClN2O/c1-20-9-10-21(2)22(16-20)18-26(30)11-4-3-6-23(26)19-28-12-14-29(15-13-28)25-8-5-7-24(27)17-25/h5,7-10,16-17,23,30H,3-4,6,11-15,18-19H2,1-2H3. The Hall–Kier alpha value is -1.55. The molecule has 162 valence electrons. The lowest BCUT2D eigenvalue weighted by Crippen LogP contribution is -2.52. The highest BCUT2D eigenvalue weighted by Gasteiger charge is 2.40. The maximum atomic E-state index is 11.7. The molecule has 1 N–H and O–H groups in total. The largest absolute Gasteiger partial charge is 0.389 e. The van der Waals surface area contributed by atoms with Crippen LogP contribution in [-0.4, -0.2) is 48.3 Å². The first-order valence-electron chi connectivity index (χ1n) is 11.4. The van der Waals surface area contributed by atoms with E-state index in [1.54, 1.807) is 0 Å². The number of hydrogen-bond donors (Lipinski definition) is 1. The Morgan fingerprint density at radius 1 is 1.03 bits per heavy atom. The highest BCUT2D eigenvalue weighted by atomic mass is 35.5. The van der Waals surface area contributed by atoms with Crippen molar-refractivity contribution in [3.8, 4) is 0 Å². The number of aryl methyl sites for hydroxylation is 2. The van der Waals surface area contributed by atoms with Gasteiger partial charge in [-0.25, -0.2) is 0 Å². The van der Waals surface area contributed by atoms with Gasteiger partial charge in [-0.1, -0.05) is 54.3 Å². The van der Waals surface area contributed by atoms with Crippen molar-refractivity contribution in [1.82, 2.24) is 4.90 Å². The third-order valence-corrected chi connectivity index (χ3v) is 7.43. The van der Waals surface area contributed by atoms with Crippen molar-refractivity contribution in [3.63, 3.8) is 0 Å². The van der Waals surface area contributed by atoms with Crippen LogP contribution in [0.2, 0.25) is 5.02 Å². The lowest BCUT2D eigenvalue weighted by Gasteiger charge is -2.44. The Balaban J connectivity index is 1.39. The van der Waals surface area contributed by atoms with E-state index in [1.165, 1.54) is 28.8 Å². The lowest BCUT2D eigenvalue weighted by atomic mass is 9.71. The molecular weight excluding hydrogens is 392 g/mol. The molecule has 1 aliphatic heterocycles. The molecule has 2 aromatic carbocycles. The normalized spacial score (nSPS) is 25.5. The third-order valence-electron chi connectivity index (χ3n) is 7.20. The van der Waals surface area contributed by atoms with Gasteiger partial charge in [0.15, 0.2) is 0 Å². The Morgan fingerprint density at radius 2 is 1.83 bits per heavy atom. The van der Waals surface area contributed by atoms with E-state index in [1.807, 2.05) is 12.1 Å². The van der Waals surface area contributed by atoms with Crippen LogP contribution in [0.15, 0.2) is 42.5 Å². The SMILES string of the molecule is Cc1ccc(C)c(CC2(O)CCCCC2CN2CCN(c3cccc(Cl)c3)CC2)c1. The molecule has 3 nitrogen and oxygen atoms in total. The zero-order valence-corrected chi connectivity index (χ0v) is 19.2. The van der Waals surface area contributed by atoms with Crippen molar-refractivity contribution in [2.75, 3.05) is 37.6 Å². The van der Waals surface area contributed by atoms with Crippen molar-refractivity contribution in [3.05, 3.63) is 64.2 Å². The molecular formula is C26H35ClN2O. The van der Waals surface area contributed by atoms with Crippen LogP contribution in [0.4, 0.5) is 5.69 Å². The Kier molecular flexibility index (Phi) is 6.72. The molecule has 0 radical (unpaired) electrons. The van der Waals surface area contributed by atoms with Crippen LogP contribution in [0.25, 0.3) is 0 Å². The number of benzene rings is 2. The van der Waals surface area contributed by atoms with Crippen molar-refractivity contribution >= 4 is 17.3 Å². The first-order valence-corrected chi connectivity index (χ1v) is 11.8. The number of rotatable bonds is 5. The molecule has 2 aliphatic rings. The summed E-state index contributed by atoms with van der Waals surface area (Å²) in [5, 5.41) is 12.5. The monoisotopic (exact) mass is 426 g/mol. The molecule has 2 unspecified atom stereocenters. The lowest BCUT2D eigenvalue weighted by molar-refractivity contribution is -0.0596. The minimum absolute atomic E-state index is 0.351. The van der Waals surface area contributed by atoms with Crippen LogP contribution < -0.4 is 4.90 Å². The molecule has 1 saturated carbocycles. The molecule has 2 atom stereocenters. The topological polar surface area (TPSA) is 26.7 Å². The number of aliphatic hydroxyl groups is 1. The third kappa shape index (κ3) is 5.01. The fourth-order valence-corrected chi connectivity index (χ4v) is 5.47. The molecule has 0 bridgehead atoms. The van der Waals surface area contributed by atoms with Crippen LogP contribution in [-0.2, 0) is 6.42 Å². The quantitative estimate of drug-likeness (QED) is 0.707. The zero-order valence-electron chi connectivity index (χ0n) is 18.4. The fourth-order valence-electron chi connectivity index (χ4n) is 5.28. The second kappa shape index (κ2) is 9.30. The first-order chi connectivity index (χ1) is 14.4. The highest BCUT2D eigenvalue weighted by molar-refractivity contribution is 6.30. The predicted molar refractivity (Wildman–Crippen MR) is 127 cm³/mol. The Bertz CT molecular complexity index is 862. The fraction of sp³-hybridized carbons (Fsp3) is 0.538. The van der Waals surface area contributed by atoms with Gasteiger partial charge in [-0.05, 0) is 56.0 Å². The van der Waals surface area contributed by atoms with Crippen molar-refractivity contribution in [2.45, 2.75) is 51.6 Å². The summed E-state index contributed by atoms with van der Waals surface area (Å²) < 4.78 is 0. The summed E-state index contributed by atoms with van der Waals surface area (Å²) in [7, 11) is 0. The molecule has 30 heavy (non-hydrogen) atoms. The van der Waals surface area contributed by atoms with Gasteiger partial charge in [0.05, 0.1) is 5.60 Å². The molecule has 1 heterocycles.